The molecule has 1 aromatic carbocycles. The largest absolute Gasteiger partial charge is 0.370 e. The second-order valence-electron chi connectivity index (χ2n) is 10.0. The Morgan fingerprint density at radius 3 is 2.43 bits per heavy atom. The zero-order chi connectivity index (χ0) is 24.4. The van der Waals surface area contributed by atoms with Crippen molar-refractivity contribution in [1.82, 2.24) is 19.6 Å². The van der Waals surface area contributed by atoms with Crippen molar-refractivity contribution in [3.8, 4) is 16.9 Å². The van der Waals surface area contributed by atoms with Gasteiger partial charge in [-0.25, -0.2) is 18.1 Å². The van der Waals surface area contributed by atoms with Crippen LogP contribution in [0, 0.1) is 15.5 Å². The lowest BCUT2D eigenvalue weighted by Crippen LogP contribution is -2.42. The third-order valence-corrected chi connectivity index (χ3v) is 7.66. The Morgan fingerprint density at radius 1 is 1.03 bits per heavy atom. The Kier molecular flexibility index (Phi) is 4.81. The van der Waals surface area contributed by atoms with E-state index in [1.165, 1.54) is 25.0 Å². The van der Waals surface area contributed by atoms with Crippen LogP contribution in [-0.2, 0) is 0 Å². The van der Waals surface area contributed by atoms with E-state index in [0.717, 1.165) is 36.3 Å². The van der Waals surface area contributed by atoms with Gasteiger partial charge in [-0.15, -0.1) is 0 Å². The molecule has 0 N–H and O–H groups in total. The van der Waals surface area contributed by atoms with Crippen molar-refractivity contribution in [2.24, 2.45) is 5.41 Å². The number of piperidine rings is 1. The van der Waals surface area contributed by atoms with Gasteiger partial charge in [0.05, 0.1) is 34.2 Å². The summed E-state index contributed by atoms with van der Waals surface area (Å²) in [6.45, 7) is 1.67. The van der Waals surface area contributed by atoms with Gasteiger partial charge in [0.1, 0.15) is 0 Å². The summed E-state index contributed by atoms with van der Waals surface area (Å²) in [5.74, 6) is -2.76. The van der Waals surface area contributed by atoms with Crippen molar-refractivity contribution >= 4 is 11.4 Å². The molecule has 1 spiro atoms. The molecule has 2 saturated carbocycles. The summed E-state index contributed by atoms with van der Waals surface area (Å²) in [4.78, 5) is 25.4. The monoisotopic (exact) mass is 482 g/mol. The van der Waals surface area contributed by atoms with Gasteiger partial charge in [0.15, 0.2) is 0 Å². The van der Waals surface area contributed by atoms with Crippen molar-refractivity contribution in [1.29, 1.82) is 0 Å². The maximum Gasteiger partial charge on any atom is 0.271 e. The molecule has 182 valence electrons. The van der Waals surface area contributed by atoms with Gasteiger partial charge in [-0.1, -0.05) is 0 Å². The summed E-state index contributed by atoms with van der Waals surface area (Å²) in [5.41, 5.74) is 2.59. The molecular formula is C24H24F2N6O3. The highest BCUT2D eigenvalue weighted by atomic mass is 19.3. The summed E-state index contributed by atoms with van der Waals surface area (Å²) in [7, 11) is 0. The fourth-order valence-corrected chi connectivity index (χ4v) is 5.20. The summed E-state index contributed by atoms with van der Waals surface area (Å²) in [6, 6.07) is 7.00. The Bertz CT molecular complexity index is 1360. The van der Waals surface area contributed by atoms with Crippen LogP contribution in [0.1, 0.15) is 44.6 Å². The van der Waals surface area contributed by atoms with Crippen LogP contribution >= 0.6 is 0 Å². The fraction of sp³-hybridized carbons (Fsp3) is 0.458. The molecule has 2 aliphatic carbocycles. The molecule has 3 aromatic rings. The Balaban J connectivity index is 1.32. The minimum atomic E-state index is -2.76. The first kappa shape index (κ1) is 21.9. The molecular weight excluding hydrogens is 458 g/mol. The maximum absolute atomic E-state index is 13.3. The van der Waals surface area contributed by atoms with Gasteiger partial charge in [-0.2, -0.15) is 10.2 Å². The Morgan fingerprint density at radius 2 is 1.77 bits per heavy atom. The predicted molar refractivity (Wildman–Crippen MR) is 124 cm³/mol. The summed E-state index contributed by atoms with van der Waals surface area (Å²) >= 11 is 0. The number of benzene rings is 1. The van der Waals surface area contributed by atoms with Crippen LogP contribution in [0.2, 0.25) is 0 Å². The molecule has 0 bridgehead atoms. The first-order chi connectivity index (χ1) is 16.7. The number of hydrogen-bond donors (Lipinski definition) is 0. The molecule has 3 aliphatic rings. The van der Waals surface area contributed by atoms with E-state index in [-0.39, 0.29) is 5.69 Å². The maximum atomic E-state index is 13.3. The second-order valence-corrected chi connectivity index (χ2v) is 10.0. The summed E-state index contributed by atoms with van der Waals surface area (Å²) < 4.78 is 29.4. The molecule has 0 atom stereocenters. The highest BCUT2D eigenvalue weighted by Gasteiger charge is 2.47. The van der Waals surface area contributed by atoms with E-state index in [1.807, 2.05) is 0 Å². The summed E-state index contributed by atoms with van der Waals surface area (Å²) in [6.07, 6.45) is 7.21. The average molecular weight is 482 g/mol. The van der Waals surface area contributed by atoms with Crippen LogP contribution in [0.5, 0.6) is 0 Å². The van der Waals surface area contributed by atoms with Crippen LogP contribution in [0.4, 0.5) is 20.2 Å². The molecule has 3 fully saturated rings. The van der Waals surface area contributed by atoms with Crippen LogP contribution in [0.25, 0.3) is 16.9 Å². The third-order valence-electron chi connectivity index (χ3n) is 7.66. The highest BCUT2D eigenvalue weighted by molar-refractivity contribution is 5.68. The minimum Gasteiger partial charge on any atom is -0.370 e. The van der Waals surface area contributed by atoms with Crippen molar-refractivity contribution in [3.63, 3.8) is 0 Å². The summed E-state index contributed by atoms with van der Waals surface area (Å²) in [5, 5.41) is 20.2. The molecule has 11 heteroatoms. The topological polar surface area (TPSA) is 99.1 Å². The van der Waals surface area contributed by atoms with Gasteiger partial charge in [-0.05, 0) is 43.2 Å². The lowest BCUT2D eigenvalue weighted by molar-refractivity contribution is -0.384. The molecule has 35 heavy (non-hydrogen) atoms. The van der Waals surface area contributed by atoms with Crippen molar-refractivity contribution in [2.75, 3.05) is 18.0 Å². The van der Waals surface area contributed by atoms with Gasteiger partial charge < -0.3 is 4.90 Å². The second kappa shape index (κ2) is 7.69. The highest BCUT2D eigenvalue weighted by Crippen LogP contribution is 2.54. The zero-order valence-corrected chi connectivity index (χ0v) is 18.9. The molecule has 1 aliphatic heterocycles. The number of halogens is 2. The standard InChI is InChI=1S/C24H24F2N6O3/c25-24(26)12-18(13-24)31-22(33)4-2-19(28-31)16-14-27-30(15-16)20-3-1-17(32(34)35)11-21(20)29-9-7-23(5-6-23)8-10-29/h1-4,11,14-15,18H,5-10,12-13H2. The Labute approximate surface area is 199 Å². The minimum absolute atomic E-state index is 0.0221. The number of nitro groups is 1. The van der Waals surface area contributed by atoms with Crippen LogP contribution in [0.15, 0.2) is 47.5 Å². The Hall–Kier alpha value is -3.63. The predicted octanol–water partition coefficient (Wildman–Crippen LogP) is 4.35. The van der Waals surface area contributed by atoms with Crippen LogP contribution in [-0.4, -0.2) is 43.5 Å². The zero-order valence-electron chi connectivity index (χ0n) is 18.9. The first-order valence-electron chi connectivity index (χ1n) is 11.8. The SMILES string of the molecule is O=c1ccc(-c2cnn(-c3ccc([N+](=O)[O-])cc3N3CCC4(CC3)CC4)c2)nn1C1CC(F)(F)C1. The number of non-ortho nitro benzene ring substituents is 1. The number of nitro benzene ring substituents is 1. The molecule has 0 radical (unpaired) electrons. The van der Waals surface area contributed by atoms with Gasteiger partial charge >= 0.3 is 0 Å². The van der Waals surface area contributed by atoms with Gasteiger partial charge in [0.2, 0.25) is 0 Å². The van der Waals surface area contributed by atoms with Gasteiger partial charge in [0.25, 0.3) is 17.2 Å². The number of anilines is 1. The third kappa shape index (κ3) is 3.98. The van der Waals surface area contributed by atoms with E-state index in [1.54, 1.807) is 35.3 Å². The van der Waals surface area contributed by atoms with E-state index in [0.29, 0.717) is 22.4 Å². The molecule has 9 nitrogen and oxygen atoms in total. The van der Waals surface area contributed by atoms with E-state index in [4.69, 9.17) is 0 Å². The number of alkyl halides is 2. The van der Waals surface area contributed by atoms with Gasteiger partial charge in [-0.3, -0.25) is 14.9 Å². The number of hydrogen-bond acceptors (Lipinski definition) is 6. The fourth-order valence-electron chi connectivity index (χ4n) is 5.20. The van der Waals surface area contributed by atoms with E-state index < -0.39 is 35.3 Å². The lowest BCUT2D eigenvalue weighted by Gasteiger charge is -2.35. The smallest absolute Gasteiger partial charge is 0.271 e. The molecule has 1 saturated heterocycles. The normalized spacial score (nSPS) is 20.6. The van der Waals surface area contributed by atoms with E-state index in [2.05, 4.69) is 15.1 Å². The number of aromatic nitrogens is 4. The van der Waals surface area contributed by atoms with Crippen molar-refractivity contribution in [3.05, 3.63) is 63.2 Å². The number of nitrogens with zero attached hydrogens (tertiary/aromatic N) is 6. The lowest BCUT2D eigenvalue weighted by atomic mass is 9.88. The molecule has 6 rings (SSSR count). The van der Waals surface area contributed by atoms with Crippen LogP contribution < -0.4 is 10.5 Å². The van der Waals surface area contributed by atoms with Gasteiger partial charge in [0, 0.05) is 55.9 Å². The van der Waals surface area contributed by atoms with Crippen LogP contribution in [0.3, 0.4) is 0 Å². The van der Waals surface area contributed by atoms with Crippen molar-refractivity contribution in [2.45, 2.75) is 50.5 Å². The quantitative estimate of drug-likeness (QED) is 0.396. The molecule has 0 amide bonds. The molecule has 2 aromatic heterocycles. The average Bonchev–Trinajstić information content (AvgIpc) is 3.38. The molecule has 0 unspecified atom stereocenters. The number of rotatable bonds is 5. The molecule has 3 heterocycles. The van der Waals surface area contributed by atoms with Crippen molar-refractivity contribution < 1.29 is 13.7 Å². The van der Waals surface area contributed by atoms with E-state index in [9.17, 15) is 23.7 Å². The first-order valence-corrected chi connectivity index (χ1v) is 11.8. The van der Waals surface area contributed by atoms with E-state index >= 15 is 0 Å².